The van der Waals surface area contributed by atoms with E-state index in [-0.39, 0.29) is 17.9 Å². The molecule has 1 aliphatic heterocycles. The SMILES string of the molecule is Cc1ccccc1CN1C(=O)c2cc3occc3n2C[C@]1(C)C(=O)NC1CCC(C)CC1. The number of rotatable bonds is 4. The summed E-state index contributed by atoms with van der Waals surface area (Å²) in [4.78, 5) is 29.3. The number of benzene rings is 1. The first-order valence-electron chi connectivity index (χ1n) is 11.6. The third kappa shape index (κ3) is 3.42. The predicted molar refractivity (Wildman–Crippen MR) is 123 cm³/mol. The summed E-state index contributed by atoms with van der Waals surface area (Å²) in [6, 6.07) is 11.9. The maximum absolute atomic E-state index is 13.8. The second kappa shape index (κ2) is 7.84. The molecule has 0 saturated heterocycles. The molecule has 6 heteroatoms. The van der Waals surface area contributed by atoms with E-state index in [1.807, 2.05) is 48.7 Å². The molecule has 1 aromatic carbocycles. The van der Waals surface area contributed by atoms with Crippen LogP contribution in [-0.2, 0) is 17.9 Å². The Bertz CT molecular complexity index is 1170. The molecule has 1 aliphatic carbocycles. The van der Waals surface area contributed by atoms with Crippen LogP contribution < -0.4 is 5.32 Å². The zero-order valence-corrected chi connectivity index (χ0v) is 19.1. The number of carbonyl (C=O) groups is 2. The van der Waals surface area contributed by atoms with Crippen molar-refractivity contribution in [2.24, 2.45) is 5.92 Å². The number of amides is 2. The molecule has 1 fully saturated rings. The molecule has 0 spiro atoms. The molecular weight excluding hydrogens is 402 g/mol. The fourth-order valence-electron chi connectivity index (χ4n) is 5.22. The normalized spacial score (nSPS) is 25.7. The molecule has 2 aromatic heterocycles. The van der Waals surface area contributed by atoms with Gasteiger partial charge in [0.05, 0.1) is 18.3 Å². The monoisotopic (exact) mass is 433 g/mol. The lowest BCUT2D eigenvalue weighted by molar-refractivity contribution is -0.134. The second-order valence-electron chi connectivity index (χ2n) is 9.81. The molecule has 5 rings (SSSR count). The predicted octanol–water partition coefficient (Wildman–Crippen LogP) is 4.65. The Morgan fingerprint density at radius 1 is 1.19 bits per heavy atom. The van der Waals surface area contributed by atoms with Crippen LogP contribution in [0.1, 0.15) is 61.1 Å². The van der Waals surface area contributed by atoms with Gasteiger partial charge in [0, 0.05) is 24.7 Å². The molecule has 1 atom stereocenters. The fourth-order valence-corrected chi connectivity index (χ4v) is 5.22. The number of aryl methyl sites for hydroxylation is 1. The highest BCUT2D eigenvalue weighted by Crippen LogP contribution is 2.35. The lowest BCUT2D eigenvalue weighted by Crippen LogP contribution is -2.64. The van der Waals surface area contributed by atoms with Crippen molar-refractivity contribution in [3.63, 3.8) is 0 Å². The second-order valence-corrected chi connectivity index (χ2v) is 9.81. The standard InChI is InChI=1S/C26H31N3O3/c1-17-8-10-20(11-9-17)27-25(31)26(3)16-28-21-12-13-32-23(21)14-22(28)24(30)29(26)15-19-7-5-4-6-18(19)2/h4-7,12-14,17,20H,8-11,15-16H2,1-3H3,(H,27,31)/t17?,20?,26-/m1/s1. The molecule has 3 heterocycles. The van der Waals surface area contributed by atoms with Crippen LogP contribution in [-0.4, -0.2) is 32.9 Å². The van der Waals surface area contributed by atoms with E-state index in [1.54, 1.807) is 17.2 Å². The Morgan fingerprint density at radius 3 is 2.69 bits per heavy atom. The lowest BCUT2D eigenvalue weighted by Gasteiger charge is -2.45. The van der Waals surface area contributed by atoms with Gasteiger partial charge < -0.3 is 19.2 Å². The van der Waals surface area contributed by atoms with Gasteiger partial charge in [-0.3, -0.25) is 9.59 Å². The van der Waals surface area contributed by atoms with Gasteiger partial charge in [0.2, 0.25) is 5.91 Å². The average molecular weight is 434 g/mol. The van der Waals surface area contributed by atoms with Crippen LogP contribution in [0.2, 0.25) is 0 Å². The van der Waals surface area contributed by atoms with E-state index in [0.29, 0.717) is 30.3 Å². The van der Waals surface area contributed by atoms with Crippen molar-refractivity contribution < 1.29 is 14.0 Å². The first kappa shape index (κ1) is 20.9. The number of fused-ring (bicyclic) bond motifs is 3. The Balaban J connectivity index is 1.52. The minimum absolute atomic E-state index is 0.0741. The summed E-state index contributed by atoms with van der Waals surface area (Å²) in [6.07, 6.45) is 5.88. The molecule has 0 radical (unpaired) electrons. The van der Waals surface area contributed by atoms with E-state index in [2.05, 4.69) is 12.2 Å². The van der Waals surface area contributed by atoms with Crippen LogP contribution >= 0.6 is 0 Å². The summed E-state index contributed by atoms with van der Waals surface area (Å²) in [5.41, 5.74) is 3.27. The van der Waals surface area contributed by atoms with E-state index in [0.717, 1.165) is 42.3 Å². The van der Waals surface area contributed by atoms with Crippen molar-refractivity contribution in [1.82, 2.24) is 14.8 Å². The van der Waals surface area contributed by atoms with Gasteiger partial charge in [-0.15, -0.1) is 0 Å². The Labute approximate surface area is 188 Å². The number of furan rings is 1. The third-order valence-corrected chi connectivity index (χ3v) is 7.48. The molecule has 0 bridgehead atoms. The van der Waals surface area contributed by atoms with Gasteiger partial charge in [0.25, 0.3) is 5.91 Å². The van der Waals surface area contributed by atoms with Crippen molar-refractivity contribution in [3.8, 4) is 0 Å². The van der Waals surface area contributed by atoms with Crippen LogP contribution in [0.4, 0.5) is 0 Å². The molecular formula is C26H31N3O3. The molecule has 168 valence electrons. The van der Waals surface area contributed by atoms with Gasteiger partial charge in [0.15, 0.2) is 5.58 Å². The topological polar surface area (TPSA) is 67.5 Å². The average Bonchev–Trinajstić information content (AvgIpc) is 3.36. The zero-order valence-electron chi connectivity index (χ0n) is 19.1. The molecule has 3 aromatic rings. The van der Waals surface area contributed by atoms with Crippen molar-refractivity contribution in [2.45, 2.75) is 71.1 Å². The molecule has 0 unspecified atom stereocenters. The van der Waals surface area contributed by atoms with Crippen molar-refractivity contribution in [3.05, 3.63) is 59.5 Å². The summed E-state index contributed by atoms with van der Waals surface area (Å²) in [6.45, 7) is 7.01. The number of hydrogen-bond acceptors (Lipinski definition) is 3. The first-order valence-corrected chi connectivity index (χ1v) is 11.6. The number of nitrogens with zero attached hydrogens (tertiary/aromatic N) is 2. The van der Waals surface area contributed by atoms with Crippen LogP contribution in [0.5, 0.6) is 0 Å². The summed E-state index contributed by atoms with van der Waals surface area (Å²) >= 11 is 0. The van der Waals surface area contributed by atoms with Crippen molar-refractivity contribution >= 4 is 22.9 Å². The Kier molecular flexibility index (Phi) is 5.11. The summed E-state index contributed by atoms with van der Waals surface area (Å²) in [7, 11) is 0. The Hall–Kier alpha value is -3.02. The zero-order chi connectivity index (χ0) is 22.5. The van der Waals surface area contributed by atoms with Crippen LogP contribution in [0.15, 0.2) is 47.1 Å². The van der Waals surface area contributed by atoms with Gasteiger partial charge in [-0.25, -0.2) is 0 Å². The van der Waals surface area contributed by atoms with E-state index < -0.39 is 5.54 Å². The molecule has 32 heavy (non-hydrogen) atoms. The summed E-state index contributed by atoms with van der Waals surface area (Å²) in [5, 5.41) is 3.30. The maximum atomic E-state index is 13.8. The van der Waals surface area contributed by atoms with Crippen molar-refractivity contribution in [2.75, 3.05) is 0 Å². The number of carbonyl (C=O) groups excluding carboxylic acids is 2. The largest absolute Gasteiger partial charge is 0.463 e. The van der Waals surface area contributed by atoms with Gasteiger partial charge in [-0.1, -0.05) is 31.2 Å². The quantitative estimate of drug-likeness (QED) is 0.651. The number of nitrogens with one attached hydrogen (secondary N) is 1. The minimum Gasteiger partial charge on any atom is -0.463 e. The molecule has 2 amide bonds. The van der Waals surface area contributed by atoms with Gasteiger partial charge >= 0.3 is 0 Å². The van der Waals surface area contributed by atoms with E-state index >= 15 is 0 Å². The highest BCUT2D eigenvalue weighted by molar-refractivity contribution is 6.02. The fraction of sp³-hybridized carbons (Fsp3) is 0.462. The van der Waals surface area contributed by atoms with Crippen LogP contribution in [0.3, 0.4) is 0 Å². The third-order valence-electron chi connectivity index (χ3n) is 7.48. The summed E-state index contributed by atoms with van der Waals surface area (Å²) in [5.74, 6) is 0.500. The number of aromatic nitrogens is 1. The number of hydrogen-bond donors (Lipinski definition) is 1. The minimum atomic E-state index is -1.00. The highest BCUT2D eigenvalue weighted by Gasteiger charge is 2.48. The van der Waals surface area contributed by atoms with E-state index in [9.17, 15) is 9.59 Å². The van der Waals surface area contributed by atoms with E-state index in [4.69, 9.17) is 4.42 Å². The molecule has 1 N–H and O–H groups in total. The molecule has 2 aliphatic rings. The smallest absolute Gasteiger partial charge is 0.271 e. The first-order chi connectivity index (χ1) is 15.4. The summed E-state index contributed by atoms with van der Waals surface area (Å²) < 4.78 is 7.50. The molecule has 1 saturated carbocycles. The highest BCUT2D eigenvalue weighted by atomic mass is 16.3. The van der Waals surface area contributed by atoms with Crippen LogP contribution in [0.25, 0.3) is 11.1 Å². The molecule has 6 nitrogen and oxygen atoms in total. The van der Waals surface area contributed by atoms with Crippen LogP contribution in [0, 0.1) is 12.8 Å². The van der Waals surface area contributed by atoms with Gasteiger partial charge in [0.1, 0.15) is 11.2 Å². The van der Waals surface area contributed by atoms with Gasteiger partial charge in [-0.2, -0.15) is 0 Å². The van der Waals surface area contributed by atoms with Gasteiger partial charge in [-0.05, 0) is 56.6 Å². The Morgan fingerprint density at radius 2 is 1.94 bits per heavy atom. The lowest BCUT2D eigenvalue weighted by atomic mass is 9.86. The maximum Gasteiger partial charge on any atom is 0.271 e. The van der Waals surface area contributed by atoms with E-state index in [1.165, 1.54) is 0 Å². The van der Waals surface area contributed by atoms with Crippen molar-refractivity contribution in [1.29, 1.82) is 0 Å².